The van der Waals surface area contributed by atoms with Crippen LogP contribution in [0.25, 0.3) is 21.2 Å². The van der Waals surface area contributed by atoms with Crippen molar-refractivity contribution < 1.29 is 14.3 Å². The van der Waals surface area contributed by atoms with E-state index in [1.54, 1.807) is 18.3 Å². The van der Waals surface area contributed by atoms with Crippen molar-refractivity contribution in [2.75, 3.05) is 6.61 Å². The predicted octanol–water partition coefficient (Wildman–Crippen LogP) is 6.67. The highest BCUT2D eigenvalue weighted by atomic mass is 32.1. The maximum absolute atomic E-state index is 14.1. The van der Waals surface area contributed by atoms with Crippen molar-refractivity contribution >= 4 is 44.3 Å². The number of rotatable bonds is 5. The molecule has 3 aromatic carbocycles. The van der Waals surface area contributed by atoms with Gasteiger partial charge in [-0.1, -0.05) is 78.9 Å². The second-order valence-corrected chi connectivity index (χ2v) is 9.42. The first kappa shape index (κ1) is 21.4. The summed E-state index contributed by atoms with van der Waals surface area (Å²) in [6.07, 6.45) is 0. The zero-order valence-corrected chi connectivity index (χ0v) is 19.4. The van der Waals surface area contributed by atoms with Gasteiger partial charge < -0.3 is 4.74 Å². The summed E-state index contributed by atoms with van der Waals surface area (Å²) in [6, 6.07) is 28.0. The molecule has 164 valence electrons. The lowest BCUT2D eigenvalue weighted by Crippen LogP contribution is -2.28. The average molecular weight is 453 g/mol. The normalized spacial score (nSPS) is 18.2. The minimum absolute atomic E-state index is 0.159. The van der Waals surface area contributed by atoms with Crippen LogP contribution in [0.15, 0.2) is 84.9 Å². The molecule has 4 heteroatoms. The van der Waals surface area contributed by atoms with E-state index in [-0.39, 0.29) is 12.4 Å². The van der Waals surface area contributed by atoms with Gasteiger partial charge in [-0.05, 0) is 36.6 Å². The number of esters is 1. The van der Waals surface area contributed by atoms with E-state index in [1.807, 2.05) is 72.8 Å². The van der Waals surface area contributed by atoms with Crippen molar-refractivity contribution in [2.24, 2.45) is 5.92 Å². The highest BCUT2D eigenvalue weighted by Crippen LogP contribution is 2.53. The molecular formula is C29H24O3S. The summed E-state index contributed by atoms with van der Waals surface area (Å²) in [5.41, 5.74) is 4.37. The minimum atomic E-state index is -0.907. The Morgan fingerprint density at radius 3 is 2.24 bits per heavy atom. The van der Waals surface area contributed by atoms with Gasteiger partial charge in [0.2, 0.25) is 0 Å². The molecular weight excluding hydrogens is 428 g/mol. The van der Waals surface area contributed by atoms with Crippen molar-refractivity contribution in [3.8, 4) is 0 Å². The molecule has 4 aromatic rings. The van der Waals surface area contributed by atoms with Gasteiger partial charge in [0.25, 0.3) is 0 Å². The molecule has 1 heterocycles. The molecule has 33 heavy (non-hydrogen) atoms. The lowest BCUT2D eigenvalue weighted by Gasteiger charge is -2.21. The number of benzene rings is 3. The fourth-order valence-corrected chi connectivity index (χ4v) is 6.01. The minimum Gasteiger partial charge on any atom is -0.465 e. The summed E-state index contributed by atoms with van der Waals surface area (Å²) >= 11 is 1.68. The van der Waals surface area contributed by atoms with Gasteiger partial charge in [-0.25, -0.2) is 0 Å². The summed E-state index contributed by atoms with van der Waals surface area (Å²) in [5, 5.41) is 1.05. The van der Waals surface area contributed by atoms with Gasteiger partial charge in [-0.3, -0.25) is 9.59 Å². The molecule has 0 aliphatic heterocycles. The van der Waals surface area contributed by atoms with E-state index in [2.05, 4.69) is 19.1 Å². The molecule has 1 aliphatic carbocycles. The number of aryl methyl sites for hydroxylation is 1. The molecule has 0 N–H and O–H groups in total. The fourth-order valence-electron chi connectivity index (χ4n) is 4.93. The van der Waals surface area contributed by atoms with Crippen molar-refractivity contribution in [2.45, 2.75) is 19.8 Å². The van der Waals surface area contributed by atoms with Gasteiger partial charge in [0, 0.05) is 32.0 Å². The smallest absolute Gasteiger partial charge is 0.317 e. The first-order valence-electron chi connectivity index (χ1n) is 11.2. The lowest BCUT2D eigenvalue weighted by atomic mass is 9.82. The third kappa shape index (κ3) is 3.61. The number of thiophene rings is 1. The predicted molar refractivity (Wildman–Crippen MR) is 134 cm³/mol. The summed E-state index contributed by atoms with van der Waals surface area (Å²) in [6.45, 7) is 4.07. The number of hydrogen-bond donors (Lipinski definition) is 0. The Morgan fingerprint density at radius 2 is 1.55 bits per heavy atom. The molecule has 0 amide bonds. The van der Waals surface area contributed by atoms with Gasteiger partial charge in [0.1, 0.15) is 5.92 Å². The maximum atomic E-state index is 14.1. The monoisotopic (exact) mass is 452 g/mol. The largest absolute Gasteiger partial charge is 0.465 e. The zero-order valence-electron chi connectivity index (χ0n) is 18.6. The molecule has 1 aromatic heterocycles. The molecule has 0 saturated carbocycles. The second-order valence-electron chi connectivity index (χ2n) is 8.17. The Kier molecular flexibility index (Phi) is 5.69. The maximum Gasteiger partial charge on any atom is 0.317 e. The number of carbonyl (C=O) groups is 2. The van der Waals surface area contributed by atoms with Crippen LogP contribution in [0.5, 0.6) is 0 Å². The lowest BCUT2D eigenvalue weighted by molar-refractivity contribution is -0.150. The summed E-state index contributed by atoms with van der Waals surface area (Å²) in [5.74, 6) is -1.94. The van der Waals surface area contributed by atoms with E-state index in [0.717, 1.165) is 37.2 Å². The van der Waals surface area contributed by atoms with Crippen LogP contribution >= 0.6 is 11.3 Å². The van der Waals surface area contributed by atoms with Gasteiger partial charge in [0.05, 0.1) is 6.61 Å². The van der Waals surface area contributed by atoms with Gasteiger partial charge >= 0.3 is 5.97 Å². The van der Waals surface area contributed by atoms with E-state index in [9.17, 15) is 9.59 Å². The van der Waals surface area contributed by atoms with Gasteiger partial charge in [-0.15, -0.1) is 11.3 Å². The van der Waals surface area contributed by atoms with Gasteiger partial charge in [-0.2, -0.15) is 0 Å². The van der Waals surface area contributed by atoms with Crippen LogP contribution in [0.4, 0.5) is 0 Å². The number of fused-ring (bicyclic) bond motifs is 1. The molecule has 0 fully saturated rings. The number of ether oxygens (including phenoxy) is 1. The molecule has 0 bridgehead atoms. The van der Waals surface area contributed by atoms with Crippen LogP contribution in [0.2, 0.25) is 0 Å². The van der Waals surface area contributed by atoms with Gasteiger partial charge in [0.15, 0.2) is 5.78 Å². The molecule has 0 spiro atoms. The Labute approximate surface area is 197 Å². The first-order valence-corrected chi connectivity index (χ1v) is 12.0. The molecule has 5 rings (SSSR count). The van der Waals surface area contributed by atoms with Crippen LogP contribution in [0.1, 0.15) is 34.4 Å². The molecule has 1 aliphatic rings. The Hall–Kier alpha value is -3.50. The highest BCUT2D eigenvalue weighted by Gasteiger charge is 2.49. The third-order valence-corrected chi connectivity index (χ3v) is 7.33. The number of allylic oxidation sites excluding steroid dienone is 2. The van der Waals surface area contributed by atoms with Crippen molar-refractivity contribution in [3.63, 3.8) is 0 Å². The van der Waals surface area contributed by atoms with Crippen LogP contribution in [0, 0.1) is 12.8 Å². The highest BCUT2D eigenvalue weighted by molar-refractivity contribution is 7.19. The molecule has 2 unspecified atom stereocenters. The standard InChI is InChI=1S/C29H24O3S/c1-3-32-29(31)27-25(20-14-8-5-9-15-20)24(19-12-6-4-7-13-19)26(28(27)30)23-18(2)33-22-17-11-10-16-21(22)23/h4-17,25,27H,3H2,1-2H3. The number of ketones is 1. The van der Waals surface area contributed by atoms with E-state index >= 15 is 0 Å². The zero-order chi connectivity index (χ0) is 22.9. The Balaban J connectivity index is 1.85. The fraction of sp³-hybridized carbons (Fsp3) is 0.172. The molecule has 2 atom stereocenters. The third-order valence-electron chi connectivity index (χ3n) is 6.25. The summed E-state index contributed by atoms with van der Waals surface area (Å²) < 4.78 is 6.56. The number of carbonyl (C=O) groups excluding carboxylic acids is 2. The van der Waals surface area contributed by atoms with Crippen molar-refractivity contribution in [1.29, 1.82) is 0 Å². The summed E-state index contributed by atoms with van der Waals surface area (Å²) in [7, 11) is 0. The van der Waals surface area contributed by atoms with Crippen molar-refractivity contribution in [1.82, 2.24) is 0 Å². The number of Topliss-reactive ketones (excluding diaryl/α,β-unsaturated/α-hetero) is 1. The van der Waals surface area contributed by atoms with E-state index in [0.29, 0.717) is 5.57 Å². The summed E-state index contributed by atoms with van der Waals surface area (Å²) in [4.78, 5) is 28.4. The van der Waals surface area contributed by atoms with Crippen molar-refractivity contribution in [3.05, 3.63) is 106 Å². The SMILES string of the molecule is CCOC(=O)C1C(=O)C(c2c(C)sc3ccccc23)=C(c2ccccc2)C1c1ccccc1. The molecule has 0 radical (unpaired) electrons. The van der Waals surface area contributed by atoms with E-state index in [1.165, 1.54) is 0 Å². The van der Waals surface area contributed by atoms with Crippen LogP contribution in [-0.2, 0) is 14.3 Å². The van der Waals surface area contributed by atoms with Crippen LogP contribution in [-0.4, -0.2) is 18.4 Å². The van der Waals surface area contributed by atoms with Crippen LogP contribution < -0.4 is 0 Å². The van der Waals surface area contributed by atoms with Crippen LogP contribution in [0.3, 0.4) is 0 Å². The topological polar surface area (TPSA) is 43.4 Å². The average Bonchev–Trinajstić information content (AvgIpc) is 3.33. The number of hydrogen-bond acceptors (Lipinski definition) is 4. The van der Waals surface area contributed by atoms with E-state index < -0.39 is 17.8 Å². The quantitative estimate of drug-likeness (QED) is 0.251. The second kappa shape index (κ2) is 8.80. The Morgan fingerprint density at radius 1 is 0.909 bits per heavy atom. The Bertz CT molecular complexity index is 1370. The first-order chi connectivity index (χ1) is 16.1. The molecule has 3 nitrogen and oxygen atoms in total. The van der Waals surface area contributed by atoms with E-state index in [4.69, 9.17) is 4.74 Å². The molecule has 0 saturated heterocycles.